The summed E-state index contributed by atoms with van der Waals surface area (Å²) in [4.78, 5) is 6.42. The van der Waals surface area contributed by atoms with Crippen molar-refractivity contribution in [2.75, 3.05) is 32.5 Å². The molecule has 0 amide bonds. The van der Waals surface area contributed by atoms with Crippen LogP contribution in [-0.4, -0.2) is 47.3 Å². The Morgan fingerprint density at radius 3 is 2.71 bits per heavy atom. The third kappa shape index (κ3) is 3.03. The molecule has 0 atom stereocenters. The molecule has 0 spiro atoms. The molecule has 0 unspecified atom stereocenters. The molecule has 5 heteroatoms. The highest BCUT2D eigenvalue weighted by Gasteiger charge is 2.07. The van der Waals surface area contributed by atoms with E-state index < -0.39 is 0 Å². The molecule has 108 valence electrons. The first-order valence-electron chi connectivity index (χ1n) is 7.02. The molecule has 2 heterocycles. The van der Waals surface area contributed by atoms with Crippen LogP contribution in [0.2, 0.25) is 0 Å². The third-order valence-corrected chi connectivity index (χ3v) is 3.38. The minimum absolute atomic E-state index is 0.820. The van der Waals surface area contributed by atoms with Crippen LogP contribution < -0.4 is 5.32 Å². The number of pyridine rings is 1. The van der Waals surface area contributed by atoms with Crippen molar-refractivity contribution in [2.45, 2.75) is 0 Å². The lowest BCUT2D eigenvalue weighted by Crippen LogP contribution is -2.20. The van der Waals surface area contributed by atoms with E-state index >= 15 is 0 Å². The summed E-state index contributed by atoms with van der Waals surface area (Å²) >= 11 is 0. The fourth-order valence-corrected chi connectivity index (χ4v) is 2.24. The van der Waals surface area contributed by atoms with Gasteiger partial charge in [0, 0.05) is 35.9 Å². The molecule has 0 bridgehead atoms. The van der Waals surface area contributed by atoms with E-state index in [-0.39, 0.29) is 0 Å². The van der Waals surface area contributed by atoms with Gasteiger partial charge in [-0.05, 0) is 38.4 Å². The van der Waals surface area contributed by atoms with Crippen molar-refractivity contribution in [2.24, 2.45) is 0 Å². The van der Waals surface area contributed by atoms with Crippen molar-refractivity contribution in [3.05, 3.63) is 42.6 Å². The lowest BCUT2D eigenvalue weighted by atomic mass is 10.1. The van der Waals surface area contributed by atoms with E-state index in [0.29, 0.717) is 0 Å². The summed E-state index contributed by atoms with van der Waals surface area (Å²) in [6.07, 6.45) is 1.77. The second kappa shape index (κ2) is 5.93. The van der Waals surface area contributed by atoms with E-state index in [4.69, 9.17) is 0 Å². The molecule has 3 rings (SSSR count). The fourth-order valence-electron chi connectivity index (χ4n) is 2.24. The van der Waals surface area contributed by atoms with Crippen molar-refractivity contribution in [1.82, 2.24) is 20.1 Å². The van der Waals surface area contributed by atoms with Crippen LogP contribution in [0.4, 0.5) is 5.69 Å². The summed E-state index contributed by atoms with van der Waals surface area (Å²) in [5, 5.41) is 11.8. The number of benzene rings is 1. The number of H-pyrrole nitrogens is 1. The highest BCUT2D eigenvalue weighted by molar-refractivity contribution is 5.90. The molecular weight excluding hydrogens is 262 g/mol. The minimum Gasteiger partial charge on any atom is -0.384 e. The maximum atomic E-state index is 4.37. The van der Waals surface area contributed by atoms with Gasteiger partial charge >= 0.3 is 0 Å². The zero-order valence-corrected chi connectivity index (χ0v) is 12.3. The van der Waals surface area contributed by atoms with E-state index in [2.05, 4.69) is 63.8 Å². The molecule has 0 saturated carbocycles. The number of hydrogen-bond donors (Lipinski definition) is 2. The van der Waals surface area contributed by atoms with Gasteiger partial charge in [0.2, 0.25) is 0 Å². The molecule has 21 heavy (non-hydrogen) atoms. The van der Waals surface area contributed by atoms with Gasteiger partial charge < -0.3 is 10.2 Å². The number of aromatic nitrogens is 3. The minimum atomic E-state index is 0.820. The van der Waals surface area contributed by atoms with Gasteiger partial charge in [0.15, 0.2) is 5.65 Å². The van der Waals surface area contributed by atoms with Crippen LogP contribution in [0.1, 0.15) is 0 Å². The normalized spacial score (nSPS) is 11.2. The summed E-state index contributed by atoms with van der Waals surface area (Å²) < 4.78 is 0. The highest BCUT2D eigenvalue weighted by Crippen LogP contribution is 2.25. The first-order chi connectivity index (χ1) is 10.2. The highest BCUT2D eigenvalue weighted by atomic mass is 15.1. The quantitative estimate of drug-likeness (QED) is 0.755. The third-order valence-electron chi connectivity index (χ3n) is 3.38. The molecule has 0 aliphatic heterocycles. The average molecular weight is 281 g/mol. The van der Waals surface area contributed by atoms with Gasteiger partial charge in [0.25, 0.3) is 0 Å². The predicted molar refractivity (Wildman–Crippen MR) is 86.4 cm³/mol. The zero-order valence-electron chi connectivity index (χ0n) is 12.3. The standard InChI is InChI=1S/C16H19N5/c1-21(2)11-10-17-13-7-5-12(6-8-13)15-14-4-3-9-18-16(14)20-19-15/h3-9,17H,10-11H2,1-2H3,(H,18,19,20). The number of fused-ring (bicyclic) bond motifs is 1. The number of rotatable bonds is 5. The van der Waals surface area contributed by atoms with Crippen LogP contribution in [0.3, 0.4) is 0 Å². The first kappa shape index (κ1) is 13.6. The molecule has 3 aromatic rings. The van der Waals surface area contributed by atoms with Crippen LogP contribution in [0.15, 0.2) is 42.6 Å². The van der Waals surface area contributed by atoms with E-state index in [9.17, 15) is 0 Å². The van der Waals surface area contributed by atoms with Gasteiger partial charge in [-0.3, -0.25) is 5.10 Å². The lowest BCUT2D eigenvalue weighted by molar-refractivity contribution is 0.425. The number of likely N-dealkylation sites (N-methyl/N-ethyl adjacent to an activating group) is 1. The van der Waals surface area contributed by atoms with E-state index in [0.717, 1.165) is 41.1 Å². The van der Waals surface area contributed by atoms with Crippen LogP contribution in [0.25, 0.3) is 22.3 Å². The molecule has 5 nitrogen and oxygen atoms in total. The fraction of sp³-hybridized carbons (Fsp3) is 0.250. The average Bonchev–Trinajstić information content (AvgIpc) is 2.92. The molecule has 2 N–H and O–H groups in total. The van der Waals surface area contributed by atoms with Crippen LogP contribution in [0, 0.1) is 0 Å². The number of nitrogens with one attached hydrogen (secondary N) is 2. The maximum absolute atomic E-state index is 4.37. The van der Waals surface area contributed by atoms with Crippen molar-refractivity contribution in [3.63, 3.8) is 0 Å². The van der Waals surface area contributed by atoms with Gasteiger partial charge in [-0.1, -0.05) is 12.1 Å². The zero-order chi connectivity index (χ0) is 14.7. The van der Waals surface area contributed by atoms with Gasteiger partial charge in [0.05, 0.1) is 0 Å². The second-order valence-electron chi connectivity index (χ2n) is 5.28. The molecule has 0 fully saturated rings. The molecule has 1 aromatic carbocycles. The van der Waals surface area contributed by atoms with Gasteiger partial charge in [-0.15, -0.1) is 0 Å². The van der Waals surface area contributed by atoms with Gasteiger partial charge in [-0.25, -0.2) is 4.98 Å². The van der Waals surface area contributed by atoms with Crippen LogP contribution in [0.5, 0.6) is 0 Å². The maximum Gasteiger partial charge on any atom is 0.155 e. The largest absolute Gasteiger partial charge is 0.384 e. The Hall–Kier alpha value is -2.40. The molecule has 0 aliphatic carbocycles. The summed E-state index contributed by atoms with van der Waals surface area (Å²) in [7, 11) is 4.14. The van der Waals surface area contributed by atoms with E-state index in [1.807, 2.05) is 12.1 Å². The summed E-state index contributed by atoms with van der Waals surface area (Å²) in [6.45, 7) is 1.94. The molecular formula is C16H19N5. The van der Waals surface area contributed by atoms with Crippen molar-refractivity contribution < 1.29 is 0 Å². The Morgan fingerprint density at radius 1 is 1.14 bits per heavy atom. The monoisotopic (exact) mass is 281 g/mol. The summed E-state index contributed by atoms with van der Waals surface area (Å²) in [6, 6.07) is 12.3. The topological polar surface area (TPSA) is 56.8 Å². The Balaban J connectivity index is 1.78. The SMILES string of the molecule is CN(C)CCNc1ccc(-c2n[nH]c3ncccc23)cc1. The lowest BCUT2D eigenvalue weighted by Gasteiger charge is -2.11. The molecule has 0 aliphatic rings. The summed E-state index contributed by atoms with van der Waals surface area (Å²) in [5.41, 5.74) is 3.98. The Labute approximate surface area is 124 Å². The van der Waals surface area contributed by atoms with Crippen LogP contribution >= 0.6 is 0 Å². The number of nitrogens with zero attached hydrogens (tertiary/aromatic N) is 3. The molecule has 0 radical (unpaired) electrons. The van der Waals surface area contributed by atoms with E-state index in [1.54, 1.807) is 6.20 Å². The Morgan fingerprint density at radius 2 is 1.95 bits per heavy atom. The van der Waals surface area contributed by atoms with Crippen molar-refractivity contribution in [3.8, 4) is 11.3 Å². The Kier molecular flexibility index (Phi) is 3.83. The van der Waals surface area contributed by atoms with E-state index in [1.165, 1.54) is 0 Å². The number of aromatic amines is 1. The molecule has 0 saturated heterocycles. The summed E-state index contributed by atoms with van der Waals surface area (Å²) in [5.74, 6) is 0. The second-order valence-corrected chi connectivity index (χ2v) is 5.28. The van der Waals surface area contributed by atoms with Gasteiger partial charge in [-0.2, -0.15) is 5.10 Å². The Bertz CT molecular complexity index is 715. The molecule has 2 aromatic heterocycles. The smallest absolute Gasteiger partial charge is 0.155 e. The number of anilines is 1. The number of hydrogen-bond acceptors (Lipinski definition) is 4. The predicted octanol–water partition coefficient (Wildman–Crippen LogP) is 2.60. The van der Waals surface area contributed by atoms with Crippen LogP contribution in [-0.2, 0) is 0 Å². The van der Waals surface area contributed by atoms with Gasteiger partial charge in [0.1, 0.15) is 5.69 Å². The van der Waals surface area contributed by atoms with Crippen molar-refractivity contribution >= 4 is 16.7 Å². The van der Waals surface area contributed by atoms with Crippen molar-refractivity contribution in [1.29, 1.82) is 0 Å². The first-order valence-corrected chi connectivity index (χ1v) is 7.02.